The number of rotatable bonds is 3. The minimum atomic E-state index is -0.345. The number of piperidine rings is 1. The number of carbonyl (C=O) groups is 1. The summed E-state index contributed by atoms with van der Waals surface area (Å²) in [4.78, 5) is 12.7. The third-order valence-electron chi connectivity index (χ3n) is 9.44. The zero-order valence-electron chi connectivity index (χ0n) is 16.0. The van der Waals surface area contributed by atoms with E-state index < -0.39 is 0 Å². The predicted molar refractivity (Wildman–Crippen MR) is 95.3 cm³/mol. The maximum absolute atomic E-state index is 12.7. The summed E-state index contributed by atoms with van der Waals surface area (Å²) in [6.07, 6.45) is 7.69. The van der Waals surface area contributed by atoms with Crippen molar-refractivity contribution in [1.29, 1.82) is 0 Å². The fourth-order valence-electron chi connectivity index (χ4n) is 8.54. The molecule has 4 aliphatic carbocycles. The van der Waals surface area contributed by atoms with Gasteiger partial charge in [0, 0.05) is 24.0 Å². The number of aliphatic hydroxyl groups excluding tert-OH is 1. The lowest BCUT2D eigenvalue weighted by atomic mass is 9.49. The van der Waals surface area contributed by atoms with Crippen molar-refractivity contribution in [2.45, 2.75) is 63.8 Å². The first-order valence-electron chi connectivity index (χ1n) is 10.4. The van der Waals surface area contributed by atoms with Gasteiger partial charge in [0.1, 0.15) is 0 Å². The van der Waals surface area contributed by atoms with Crippen LogP contribution in [-0.4, -0.2) is 47.1 Å². The van der Waals surface area contributed by atoms with E-state index in [-0.39, 0.29) is 40.8 Å². The summed E-state index contributed by atoms with van der Waals surface area (Å²) in [5.41, 5.74) is 2.19. The van der Waals surface area contributed by atoms with Crippen LogP contribution in [0.5, 0.6) is 0 Å². The van der Waals surface area contributed by atoms with E-state index in [1.54, 1.807) is 5.06 Å². The van der Waals surface area contributed by atoms with E-state index in [1.165, 1.54) is 18.3 Å². The van der Waals surface area contributed by atoms with E-state index in [0.717, 1.165) is 51.4 Å². The number of hydrogen-bond donors (Lipinski definition) is 2. The summed E-state index contributed by atoms with van der Waals surface area (Å²) in [7, 11) is 1.49. The number of aliphatic hydroxyl groups is 1. The van der Waals surface area contributed by atoms with Crippen LogP contribution in [0.2, 0.25) is 0 Å². The Kier molecular flexibility index (Phi) is 3.53. The van der Waals surface area contributed by atoms with Gasteiger partial charge in [0.25, 0.3) is 0 Å². The summed E-state index contributed by atoms with van der Waals surface area (Å²) in [6, 6.07) is 0. The summed E-state index contributed by atoms with van der Waals surface area (Å²) < 4.78 is 5.21. The molecule has 0 aromatic carbocycles. The first kappa shape index (κ1) is 17.2. The predicted octanol–water partition coefficient (Wildman–Crippen LogP) is 2.91. The van der Waals surface area contributed by atoms with Crippen LogP contribution in [0.25, 0.3) is 0 Å². The standard InChI is InChI=1S/C21H31NO4/c1-3-20-9-8-19(12-23)14(11-22(20)25)6-4-13-5-7-15-16(18(24)26-2)10-21(19,20)17(13)15/h14-16,23,25H,3-12H2,1-2H3/t14-,15-,16-,19-,20+,21-/m1/s1. The van der Waals surface area contributed by atoms with Crippen molar-refractivity contribution >= 4 is 5.97 Å². The highest BCUT2D eigenvalue weighted by atomic mass is 16.5. The molecule has 5 aliphatic rings. The van der Waals surface area contributed by atoms with Gasteiger partial charge in [0.05, 0.1) is 18.6 Å². The molecule has 1 saturated heterocycles. The van der Waals surface area contributed by atoms with Crippen molar-refractivity contribution in [3.63, 3.8) is 0 Å². The topological polar surface area (TPSA) is 70.0 Å². The molecule has 1 aliphatic heterocycles. The molecule has 0 radical (unpaired) electrons. The average Bonchev–Trinajstić information content (AvgIpc) is 3.26. The average molecular weight is 361 g/mol. The third-order valence-corrected chi connectivity index (χ3v) is 9.44. The summed E-state index contributed by atoms with van der Waals surface area (Å²) >= 11 is 0. The number of allylic oxidation sites excluding steroid dienone is 1. The number of hydroxylamine groups is 2. The lowest BCUT2D eigenvalue weighted by molar-refractivity contribution is -0.265. The Balaban J connectivity index is 1.80. The van der Waals surface area contributed by atoms with Gasteiger partial charge in [-0.1, -0.05) is 18.1 Å². The van der Waals surface area contributed by atoms with Gasteiger partial charge in [-0.05, 0) is 63.2 Å². The highest BCUT2D eigenvalue weighted by Gasteiger charge is 2.79. The van der Waals surface area contributed by atoms with E-state index in [0.29, 0.717) is 12.5 Å². The zero-order chi connectivity index (χ0) is 18.3. The number of hydrogen-bond acceptors (Lipinski definition) is 5. The Labute approximate surface area is 155 Å². The molecule has 5 rings (SSSR count). The fourth-order valence-corrected chi connectivity index (χ4v) is 8.54. The van der Waals surface area contributed by atoms with E-state index in [4.69, 9.17) is 4.74 Å². The number of ether oxygens (including phenoxy) is 1. The van der Waals surface area contributed by atoms with Crippen LogP contribution < -0.4 is 0 Å². The SMILES string of the molecule is CC[C@]12CC[C@@]3(CO)[C@H](CCC4=C5[C@H](CC4)[C@H](C(=O)OC)C[C@@]531)CN2O. The molecule has 1 spiro atoms. The van der Waals surface area contributed by atoms with Crippen LogP contribution in [0.3, 0.4) is 0 Å². The van der Waals surface area contributed by atoms with Gasteiger partial charge in [-0.3, -0.25) is 4.79 Å². The van der Waals surface area contributed by atoms with Crippen molar-refractivity contribution in [1.82, 2.24) is 5.06 Å². The second-order valence-corrected chi connectivity index (χ2v) is 9.42. The summed E-state index contributed by atoms with van der Waals surface area (Å²) in [5.74, 6) is 0.323. The Morgan fingerprint density at radius 1 is 1.31 bits per heavy atom. The summed E-state index contributed by atoms with van der Waals surface area (Å²) in [6.45, 7) is 3.00. The molecule has 0 amide bonds. The van der Waals surface area contributed by atoms with Crippen LogP contribution in [0.15, 0.2) is 11.1 Å². The Morgan fingerprint density at radius 3 is 2.77 bits per heavy atom. The van der Waals surface area contributed by atoms with Gasteiger partial charge in [-0.2, -0.15) is 5.06 Å². The van der Waals surface area contributed by atoms with Crippen molar-refractivity contribution in [3.8, 4) is 0 Å². The molecule has 5 nitrogen and oxygen atoms in total. The largest absolute Gasteiger partial charge is 0.469 e. The number of carbonyl (C=O) groups excluding carboxylic acids is 1. The second kappa shape index (κ2) is 5.33. The summed E-state index contributed by atoms with van der Waals surface area (Å²) in [5, 5.41) is 23.6. The number of nitrogens with zero attached hydrogens (tertiary/aromatic N) is 1. The lowest BCUT2D eigenvalue weighted by Crippen LogP contribution is -2.67. The number of methoxy groups -OCH3 is 1. The van der Waals surface area contributed by atoms with Gasteiger partial charge >= 0.3 is 5.97 Å². The van der Waals surface area contributed by atoms with E-state index in [2.05, 4.69) is 6.92 Å². The van der Waals surface area contributed by atoms with Crippen LogP contribution in [0.1, 0.15) is 58.3 Å². The van der Waals surface area contributed by atoms with Gasteiger partial charge in [-0.15, -0.1) is 0 Å². The Morgan fingerprint density at radius 2 is 2.08 bits per heavy atom. The van der Waals surface area contributed by atoms with Gasteiger partial charge in [-0.25, -0.2) is 0 Å². The van der Waals surface area contributed by atoms with Gasteiger partial charge in [0.2, 0.25) is 0 Å². The first-order chi connectivity index (χ1) is 12.5. The zero-order valence-corrected chi connectivity index (χ0v) is 16.0. The molecule has 26 heavy (non-hydrogen) atoms. The number of esters is 1. The molecule has 6 atom stereocenters. The smallest absolute Gasteiger partial charge is 0.309 e. The third kappa shape index (κ3) is 1.56. The minimum absolute atomic E-state index is 0.100. The monoisotopic (exact) mass is 361 g/mol. The van der Waals surface area contributed by atoms with Crippen LogP contribution in [-0.2, 0) is 9.53 Å². The van der Waals surface area contributed by atoms with Crippen molar-refractivity contribution in [3.05, 3.63) is 11.1 Å². The van der Waals surface area contributed by atoms with Crippen LogP contribution in [0, 0.1) is 28.6 Å². The molecule has 0 aromatic rings. The molecule has 5 heteroatoms. The molecule has 3 fully saturated rings. The molecular weight excluding hydrogens is 330 g/mol. The maximum atomic E-state index is 12.7. The van der Waals surface area contributed by atoms with Gasteiger partial charge in [0.15, 0.2) is 0 Å². The highest BCUT2D eigenvalue weighted by Crippen LogP contribution is 2.79. The minimum Gasteiger partial charge on any atom is -0.469 e. The van der Waals surface area contributed by atoms with Crippen molar-refractivity contribution in [2.24, 2.45) is 28.6 Å². The second-order valence-electron chi connectivity index (χ2n) is 9.42. The van der Waals surface area contributed by atoms with Crippen LogP contribution in [0.4, 0.5) is 0 Å². The Hall–Kier alpha value is -0.910. The van der Waals surface area contributed by atoms with E-state index >= 15 is 0 Å². The molecular formula is C21H31NO4. The fraction of sp³-hybridized carbons (Fsp3) is 0.857. The van der Waals surface area contributed by atoms with E-state index in [1.807, 2.05) is 0 Å². The maximum Gasteiger partial charge on any atom is 0.309 e. The van der Waals surface area contributed by atoms with Crippen molar-refractivity contribution in [2.75, 3.05) is 20.3 Å². The lowest BCUT2D eigenvalue weighted by Gasteiger charge is -2.62. The normalized spacial score (nSPS) is 49.3. The molecule has 1 heterocycles. The molecule has 2 saturated carbocycles. The molecule has 0 aromatic heterocycles. The van der Waals surface area contributed by atoms with Gasteiger partial charge < -0.3 is 15.1 Å². The molecule has 0 unspecified atom stereocenters. The first-order valence-corrected chi connectivity index (χ1v) is 10.4. The van der Waals surface area contributed by atoms with Crippen LogP contribution >= 0.6 is 0 Å². The molecule has 144 valence electrons. The Bertz CT molecular complexity index is 689. The van der Waals surface area contributed by atoms with E-state index in [9.17, 15) is 15.1 Å². The molecule has 4 bridgehead atoms. The highest BCUT2D eigenvalue weighted by molar-refractivity contribution is 5.75. The quantitative estimate of drug-likeness (QED) is 0.597. The molecule has 2 N–H and O–H groups in total. The van der Waals surface area contributed by atoms with Crippen molar-refractivity contribution < 1.29 is 19.8 Å².